The number of nitrogens with one attached hydrogen (secondary N) is 1. The number of hydrogen-bond acceptors (Lipinski definition) is 7. The van der Waals surface area contributed by atoms with Gasteiger partial charge in [-0.2, -0.15) is 0 Å². The van der Waals surface area contributed by atoms with Crippen LogP contribution in [0, 0.1) is 6.92 Å². The van der Waals surface area contributed by atoms with Gasteiger partial charge < -0.3 is 29.5 Å². The Morgan fingerprint density at radius 2 is 1.71 bits per heavy atom. The Kier molecular flexibility index (Phi) is 7.93. The molecule has 2 aliphatic heterocycles. The van der Waals surface area contributed by atoms with E-state index in [4.69, 9.17) is 14.5 Å². The maximum Gasteiger partial charge on any atom is 0.224 e. The number of pyridine rings is 1. The first-order valence-corrected chi connectivity index (χ1v) is 13.2. The van der Waals surface area contributed by atoms with E-state index in [9.17, 15) is 9.59 Å². The van der Waals surface area contributed by atoms with E-state index in [1.54, 1.807) is 7.11 Å². The number of ether oxygens (including phenoxy) is 2. The number of aromatic nitrogens is 1. The SMILES string of the molecule is COc1ccccc1N1CCN(C(=O)CCC(=O)Nc2ccc3nc(N4CCOCC4)cc(C)c3c2)CC1. The largest absolute Gasteiger partial charge is 0.495 e. The highest BCUT2D eigenvalue weighted by atomic mass is 16.5. The minimum Gasteiger partial charge on any atom is -0.495 e. The number of carbonyl (C=O) groups is 2. The molecule has 5 rings (SSSR count). The average molecular weight is 518 g/mol. The van der Waals surface area contributed by atoms with E-state index >= 15 is 0 Å². The van der Waals surface area contributed by atoms with Crippen LogP contribution >= 0.6 is 0 Å². The minimum absolute atomic E-state index is 0.00836. The van der Waals surface area contributed by atoms with Gasteiger partial charge in [-0.1, -0.05) is 12.1 Å². The molecule has 0 unspecified atom stereocenters. The summed E-state index contributed by atoms with van der Waals surface area (Å²) in [5.41, 5.74) is 3.76. The molecule has 3 heterocycles. The second-order valence-electron chi connectivity index (χ2n) is 9.72. The monoisotopic (exact) mass is 517 g/mol. The first kappa shape index (κ1) is 25.8. The van der Waals surface area contributed by atoms with Crippen molar-refractivity contribution < 1.29 is 19.1 Å². The lowest BCUT2D eigenvalue weighted by Crippen LogP contribution is -2.49. The normalized spacial score (nSPS) is 16.0. The molecule has 0 bridgehead atoms. The molecule has 2 aliphatic rings. The molecule has 3 aromatic rings. The number of nitrogens with zero attached hydrogens (tertiary/aromatic N) is 4. The fourth-order valence-electron chi connectivity index (χ4n) is 5.10. The number of fused-ring (bicyclic) bond motifs is 1. The van der Waals surface area contributed by atoms with Gasteiger partial charge in [0.1, 0.15) is 11.6 Å². The quantitative estimate of drug-likeness (QED) is 0.514. The molecule has 0 spiro atoms. The number of hydrogen-bond donors (Lipinski definition) is 1. The molecule has 2 aromatic carbocycles. The number of anilines is 3. The zero-order valence-corrected chi connectivity index (χ0v) is 22.1. The van der Waals surface area contributed by atoms with Crippen molar-refractivity contribution in [3.8, 4) is 5.75 Å². The molecule has 2 saturated heterocycles. The smallest absolute Gasteiger partial charge is 0.224 e. The molecule has 200 valence electrons. The number of methoxy groups -OCH3 is 1. The van der Waals surface area contributed by atoms with Crippen LogP contribution in [0.25, 0.3) is 10.9 Å². The van der Waals surface area contributed by atoms with Gasteiger partial charge in [0.15, 0.2) is 0 Å². The summed E-state index contributed by atoms with van der Waals surface area (Å²) >= 11 is 0. The van der Waals surface area contributed by atoms with E-state index in [2.05, 4.69) is 28.1 Å². The Balaban J connectivity index is 1.13. The molecule has 38 heavy (non-hydrogen) atoms. The van der Waals surface area contributed by atoms with Crippen LogP contribution in [-0.4, -0.2) is 81.3 Å². The predicted molar refractivity (Wildman–Crippen MR) is 149 cm³/mol. The first-order chi connectivity index (χ1) is 18.5. The number of amides is 2. The summed E-state index contributed by atoms with van der Waals surface area (Å²) in [5, 5.41) is 3.96. The molecule has 0 saturated carbocycles. The Labute approximate surface area is 223 Å². The van der Waals surface area contributed by atoms with E-state index in [1.165, 1.54) is 0 Å². The highest BCUT2D eigenvalue weighted by Gasteiger charge is 2.23. The molecular formula is C29H35N5O4. The van der Waals surface area contributed by atoms with Crippen molar-refractivity contribution in [2.45, 2.75) is 19.8 Å². The van der Waals surface area contributed by atoms with Crippen molar-refractivity contribution in [1.82, 2.24) is 9.88 Å². The molecule has 9 nitrogen and oxygen atoms in total. The maximum atomic E-state index is 12.8. The maximum absolute atomic E-state index is 12.8. The molecule has 9 heteroatoms. The van der Waals surface area contributed by atoms with Crippen LogP contribution in [0.2, 0.25) is 0 Å². The zero-order valence-electron chi connectivity index (χ0n) is 22.1. The first-order valence-electron chi connectivity index (χ1n) is 13.2. The van der Waals surface area contributed by atoms with E-state index in [1.807, 2.05) is 47.4 Å². The summed E-state index contributed by atoms with van der Waals surface area (Å²) in [4.78, 5) is 36.6. The fourth-order valence-corrected chi connectivity index (χ4v) is 5.10. The third kappa shape index (κ3) is 5.83. The molecule has 2 fully saturated rings. The second-order valence-corrected chi connectivity index (χ2v) is 9.72. The minimum atomic E-state index is -0.166. The van der Waals surface area contributed by atoms with Crippen LogP contribution in [0.5, 0.6) is 5.75 Å². The van der Waals surface area contributed by atoms with Crippen molar-refractivity contribution in [3.05, 3.63) is 54.1 Å². The van der Waals surface area contributed by atoms with Crippen LogP contribution in [0.15, 0.2) is 48.5 Å². The number of morpholine rings is 1. The summed E-state index contributed by atoms with van der Waals surface area (Å²) < 4.78 is 10.9. The van der Waals surface area contributed by atoms with Crippen molar-refractivity contribution in [2.24, 2.45) is 0 Å². The van der Waals surface area contributed by atoms with E-state index in [0.29, 0.717) is 32.0 Å². The van der Waals surface area contributed by atoms with Gasteiger partial charge >= 0.3 is 0 Å². The number of rotatable bonds is 7. The predicted octanol–water partition coefficient (Wildman–Crippen LogP) is 3.46. The van der Waals surface area contributed by atoms with Gasteiger partial charge in [-0.3, -0.25) is 9.59 Å². The lowest BCUT2D eigenvalue weighted by Gasteiger charge is -2.36. The van der Waals surface area contributed by atoms with Gasteiger partial charge in [-0.25, -0.2) is 4.98 Å². The van der Waals surface area contributed by atoms with Crippen LogP contribution in [0.3, 0.4) is 0 Å². The van der Waals surface area contributed by atoms with Crippen molar-refractivity contribution >= 4 is 39.9 Å². The van der Waals surface area contributed by atoms with Gasteiger partial charge in [0.05, 0.1) is 31.5 Å². The van der Waals surface area contributed by atoms with Crippen molar-refractivity contribution in [2.75, 3.05) is 74.7 Å². The molecule has 0 atom stereocenters. The van der Waals surface area contributed by atoms with Crippen LogP contribution in [0.1, 0.15) is 18.4 Å². The lowest BCUT2D eigenvalue weighted by atomic mass is 10.1. The number of para-hydroxylation sites is 2. The summed E-state index contributed by atoms with van der Waals surface area (Å²) in [6.45, 7) is 7.88. The van der Waals surface area contributed by atoms with Crippen molar-refractivity contribution in [1.29, 1.82) is 0 Å². The zero-order chi connectivity index (χ0) is 26.5. The highest BCUT2D eigenvalue weighted by molar-refractivity contribution is 5.96. The summed E-state index contributed by atoms with van der Waals surface area (Å²) in [6, 6.07) is 15.8. The Hall–Kier alpha value is -3.85. The lowest BCUT2D eigenvalue weighted by molar-refractivity contribution is -0.133. The molecule has 1 N–H and O–H groups in total. The second kappa shape index (κ2) is 11.7. The number of aryl methyl sites for hydroxylation is 1. The number of benzene rings is 2. The highest BCUT2D eigenvalue weighted by Crippen LogP contribution is 2.29. The third-order valence-corrected chi connectivity index (χ3v) is 7.24. The molecule has 2 amide bonds. The van der Waals surface area contributed by atoms with E-state index in [-0.39, 0.29) is 24.7 Å². The average Bonchev–Trinajstić information content (AvgIpc) is 2.96. The summed E-state index contributed by atoms with van der Waals surface area (Å²) in [7, 11) is 1.67. The summed E-state index contributed by atoms with van der Waals surface area (Å²) in [5.74, 6) is 1.63. The van der Waals surface area contributed by atoms with Crippen molar-refractivity contribution in [3.63, 3.8) is 0 Å². The standard InChI is InChI=1S/C29H35N5O4/c1-21-19-27(33-15-17-38-18-16-33)31-24-8-7-22(20-23(21)24)30-28(35)9-10-29(36)34-13-11-32(12-14-34)25-5-3-4-6-26(25)37-2/h3-8,19-20H,9-18H2,1-2H3,(H,30,35). The van der Waals surface area contributed by atoms with E-state index < -0.39 is 0 Å². The fraction of sp³-hybridized carbons (Fsp3) is 0.414. The van der Waals surface area contributed by atoms with E-state index in [0.717, 1.165) is 59.9 Å². The molecule has 0 aliphatic carbocycles. The van der Waals surface area contributed by atoms with Gasteiger partial charge in [-0.15, -0.1) is 0 Å². The Morgan fingerprint density at radius 3 is 2.47 bits per heavy atom. The topological polar surface area (TPSA) is 87.2 Å². The van der Waals surface area contributed by atoms with Gasteiger partial charge in [0.2, 0.25) is 11.8 Å². The van der Waals surface area contributed by atoms with Crippen LogP contribution in [0.4, 0.5) is 17.2 Å². The van der Waals surface area contributed by atoms with Gasteiger partial charge in [0.25, 0.3) is 0 Å². The molecule has 0 radical (unpaired) electrons. The van der Waals surface area contributed by atoms with Gasteiger partial charge in [0, 0.05) is 63.2 Å². The Bertz CT molecular complexity index is 1300. The molecular weight excluding hydrogens is 482 g/mol. The number of carbonyl (C=O) groups excluding carboxylic acids is 2. The Morgan fingerprint density at radius 1 is 0.947 bits per heavy atom. The van der Waals surface area contributed by atoms with Crippen LogP contribution in [-0.2, 0) is 14.3 Å². The number of piperazine rings is 1. The van der Waals surface area contributed by atoms with Gasteiger partial charge in [-0.05, 0) is 48.9 Å². The summed E-state index contributed by atoms with van der Waals surface area (Å²) in [6.07, 6.45) is 0.342. The molecule has 1 aromatic heterocycles. The third-order valence-electron chi connectivity index (χ3n) is 7.24. The van der Waals surface area contributed by atoms with Crippen LogP contribution < -0.4 is 19.9 Å².